The van der Waals surface area contributed by atoms with E-state index in [0.717, 1.165) is 25.7 Å². The SMILES string of the molecule is CCCCCCCCCCCNC(=O)Nc1cccc(NC(=O)NCCCCCCCCCCC)c1. The zero-order chi connectivity index (χ0) is 26.1. The Balaban J connectivity index is 2.08. The molecule has 6 nitrogen and oxygen atoms in total. The topological polar surface area (TPSA) is 82.3 Å². The normalized spacial score (nSPS) is 10.7. The molecule has 36 heavy (non-hydrogen) atoms. The zero-order valence-corrected chi connectivity index (χ0v) is 23.3. The van der Waals surface area contributed by atoms with Crippen molar-refractivity contribution in [2.24, 2.45) is 0 Å². The molecule has 0 aromatic heterocycles. The molecule has 0 saturated carbocycles. The Bertz CT molecular complexity index is 627. The lowest BCUT2D eigenvalue weighted by molar-refractivity contribution is 0.251. The van der Waals surface area contributed by atoms with Crippen molar-refractivity contribution in [2.75, 3.05) is 23.7 Å². The molecule has 0 aliphatic carbocycles. The largest absolute Gasteiger partial charge is 0.338 e. The fraction of sp³-hybridized carbons (Fsp3) is 0.733. The van der Waals surface area contributed by atoms with E-state index in [1.807, 2.05) is 18.2 Å². The van der Waals surface area contributed by atoms with Crippen LogP contribution in [0.25, 0.3) is 0 Å². The average Bonchev–Trinajstić information content (AvgIpc) is 2.86. The molecule has 0 spiro atoms. The Labute approximate surface area is 221 Å². The molecule has 0 heterocycles. The van der Waals surface area contributed by atoms with Crippen molar-refractivity contribution < 1.29 is 9.59 Å². The lowest BCUT2D eigenvalue weighted by Crippen LogP contribution is -2.30. The Morgan fingerprint density at radius 3 is 1.22 bits per heavy atom. The molecule has 1 aromatic rings. The summed E-state index contributed by atoms with van der Waals surface area (Å²) in [7, 11) is 0. The van der Waals surface area contributed by atoms with Gasteiger partial charge in [0.15, 0.2) is 0 Å². The van der Waals surface area contributed by atoms with Gasteiger partial charge in [-0.1, -0.05) is 123 Å². The van der Waals surface area contributed by atoms with Crippen molar-refractivity contribution in [1.82, 2.24) is 10.6 Å². The number of unbranched alkanes of at least 4 members (excludes halogenated alkanes) is 16. The number of carbonyl (C=O) groups is 2. The first-order valence-electron chi connectivity index (χ1n) is 14.9. The molecule has 0 saturated heterocycles. The number of anilines is 2. The molecule has 0 bridgehead atoms. The van der Waals surface area contributed by atoms with Crippen molar-refractivity contribution >= 4 is 23.4 Å². The molecule has 0 fully saturated rings. The van der Waals surface area contributed by atoms with E-state index < -0.39 is 0 Å². The third-order valence-corrected chi connectivity index (χ3v) is 6.51. The van der Waals surface area contributed by atoms with Gasteiger partial charge in [0, 0.05) is 24.5 Å². The van der Waals surface area contributed by atoms with Gasteiger partial charge in [0.25, 0.3) is 0 Å². The maximum atomic E-state index is 12.2. The summed E-state index contributed by atoms with van der Waals surface area (Å²) in [5, 5.41) is 11.5. The van der Waals surface area contributed by atoms with E-state index in [-0.39, 0.29) is 12.1 Å². The summed E-state index contributed by atoms with van der Waals surface area (Å²) in [6.07, 6.45) is 22.8. The number of nitrogens with one attached hydrogen (secondary N) is 4. The molecular formula is C30H54N4O2. The van der Waals surface area contributed by atoms with E-state index in [9.17, 15) is 9.59 Å². The van der Waals surface area contributed by atoms with E-state index in [2.05, 4.69) is 35.1 Å². The molecule has 0 radical (unpaired) electrons. The van der Waals surface area contributed by atoms with Crippen LogP contribution in [0, 0.1) is 0 Å². The van der Waals surface area contributed by atoms with Crippen LogP contribution >= 0.6 is 0 Å². The highest BCUT2D eigenvalue weighted by Gasteiger charge is 2.05. The number of amides is 4. The molecule has 0 aliphatic heterocycles. The van der Waals surface area contributed by atoms with Crippen LogP contribution in [0.3, 0.4) is 0 Å². The van der Waals surface area contributed by atoms with Crippen LogP contribution in [0.4, 0.5) is 21.0 Å². The first-order chi connectivity index (χ1) is 17.7. The average molecular weight is 503 g/mol. The molecule has 1 aromatic carbocycles. The Morgan fingerprint density at radius 1 is 0.528 bits per heavy atom. The van der Waals surface area contributed by atoms with Crippen molar-refractivity contribution in [2.45, 2.75) is 129 Å². The van der Waals surface area contributed by atoms with E-state index in [1.54, 1.807) is 6.07 Å². The summed E-state index contributed by atoms with van der Waals surface area (Å²) in [4.78, 5) is 24.3. The van der Waals surface area contributed by atoms with Crippen molar-refractivity contribution in [1.29, 1.82) is 0 Å². The second-order valence-electron chi connectivity index (χ2n) is 10.00. The highest BCUT2D eigenvalue weighted by Crippen LogP contribution is 2.15. The number of rotatable bonds is 22. The second-order valence-corrected chi connectivity index (χ2v) is 10.00. The monoisotopic (exact) mass is 502 g/mol. The molecular weight excluding hydrogens is 448 g/mol. The number of urea groups is 2. The van der Waals surface area contributed by atoms with Crippen molar-refractivity contribution in [3.63, 3.8) is 0 Å². The van der Waals surface area contributed by atoms with Gasteiger partial charge in [0.05, 0.1) is 0 Å². The van der Waals surface area contributed by atoms with Crippen LogP contribution in [-0.2, 0) is 0 Å². The van der Waals surface area contributed by atoms with Gasteiger partial charge in [-0.05, 0) is 31.0 Å². The first-order valence-corrected chi connectivity index (χ1v) is 14.9. The molecule has 4 N–H and O–H groups in total. The van der Waals surface area contributed by atoms with Crippen molar-refractivity contribution in [3.05, 3.63) is 24.3 Å². The molecule has 206 valence electrons. The third kappa shape index (κ3) is 19.0. The smallest absolute Gasteiger partial charge is 0.319 e. The minimum Gasteiger partial charge on any atom is -0.338 e. The summed E-state index contributed by atoms with van der Waals surface area (Å²) in [5.74, 6) is 0. The van der Waals surface area contributed by atoms with Crippen LogP contribution in [0.5, 0.6) is 0 Å². The summed E-state index contributed by atoms with van der Waals surface area (Å²) >= 11 is 0. The van der Waals surface area contributed by atoms with Gasteiger partial charge < -0.3 is 21.3 Å². The molecule has 4 amide bonds. The fourth-order valence-corrected chi connectivity index (χ4v) is 4.30. The highest BCUT2D eigenvalue weighted by atomic mass is 16.2. The van der Waals surface area contributed by atoms with E-state index >= 15 is 0 Å². The predicted octanol–water partition coefficient (Wildman–Crippen LogP) is 8.99. The maximum absolute atomic E-state index is 12.2. The van der Waals surface area contributed by atoms with Gasteiger partial charge in [0.1, 0.15) is 0 Å². The highest BCUT2D eigenvalue weighted by molar-refractivity contribution is 5.92. The lowest BCUT2D eigenvalue weighted by Gasteiger charge is -2.11. The van der Waals surface area contributed by atoms with Crippen LogP contribution < -0.4 is 21.3 Å². The van der Waals surface area contributed by atoms with Gasteiger partial charge in [-0.25, -0.2) is 9.59 Å². The van der Waals surface area contributed by atoms with Gasteiger partial charge >= 0.3 is 12.1 Å². The summed E-state index contributed by atoms with van der Waals surface area (Å²) in [6, 6.07) is 6.83. The quantitative estimate of drug-likeness (QED) is 0.119. The number of hydrogen-bond acceptors (Lipinski definition) is 2. The predicted molar refractivity (Wildman–Crippen MR) is 155 cm³/mol. The van der Waals surface area contributed by atoms with Crippen LogP contribution in [0.2, 0.25) is 0 Å². The fourth-order valence-electron chi connectivity index (χ4n) is 4.30. The van der Waals surface area contributed by atoms with Gasteiger partial charge in [-0.3, -0.25) is 0 Å². The minimum absolute atomic E-state index is 0.207. The zero-order valence-electron chi connectivity index (χ0n) is 23.3. The van der Waals surface area contributed by atoms with Crippen LogP contribution in [-0.4, -0.2) is 25.2 Å². The Hall–Kier alpha value is -2.24. The number of benzene rings is 1. The Kier molecular flexibility index (Phi) is 20.5. The molecule has 0 aliphatic rings. The number of carbonyl (C=O) groups excluding carboxylic acids is 2. The standard InChI is InChI=1S/C30H54N4O2/c1-3-5-7-9-11-13-15-17-19-24-31-29(35)33-27-22-21-23-28(26-27)34-30(36)32-25-20-18-16-14-12-10-8-6-4-2/h21-23,26H,3-20,24-25H2,1-2H3,(H2,31,33,35)(H2,32,34,36). The van der Waals surface area contributed by atoms with E-state index in [4.69, 9.17) is 0 Å². The summed E-state index contributed by atoms with van der Waals surface area (Å²) in [5.41, 5.74) is 1.33. The molecule has 0 atom stereocenters. The second kappa shape index (κ2) is 23.2. The molecule has 6 heteroatoms. The summed E-state index contributed by atoms with van der Waals surface area (Å²) < 4.78 is 0. The Morgan fingerprint density at radius 2 is 0.861 bits per heavy atom. The third-order valence-electron chi connectivity index (χ3n) is 6.51. The maximum Gasteiger partial charge on any atom is 0.319 e. The molecule has 1 rings (SSSR count). The van der Waals surface area contributed by atoms with Gasteiger partial charge in [0.2, 0.25) is 0 Å². The van der Waals surface area contributed by atoms with E-state index in [0.29, 0.717) is 24.5 Å². The van der Waals surface area contributed by atoms with E-state index in [1.165, 1.54) is 89.9 Å². The van der Waals surface area contributed by atoms with Crippen molar-refractivity contribution in [3.8, 4) is 0 Å². The summed E-state index contributed by atoms with van der Waals surface area (Å²) in [6.45, 7) is 5.85. The minimum atomic E-state index is -0.207. The van der Waals surface area contributed by atoms with Crippen LogP contribution in [0.15, 0.2) is 24.3 Å². The first kappa shape index (κ1) is 31.8. The van der Waals surface area contributed by atoms with Gasteiger partial charge in [-0.15, -0.1) is 0 Å². The van der Waals surface area contributed by atoms with Crippen LogP contribution in [0.1, 0.15) is 129 Å². The lowest BCUT2D eigenvalue weighted by atomic mass is 10.1. The van der Waals surface area contributed by atoms with Gasteiger partial charge in [-0.2, -0.15) is 0 Å². The number of hydrogen-bond donors (Lipinski definition) is 4. The molecule has 0 unspecified atom stereocenters.